The minimum Gasteiger partial charge on any atom is -0.481 e. The number of Topliss-reactive ketones (excluding diaryl/α,β-unsaturated/α-hetero) is 1. The zero-order chi connectivity index (χ0) is 11.9. The number of carbonyl (C=O) groups is 2. The molecule has 2 atom stereocenters. The second-order valence-corrected chi connectivity index (χ2v) is 5.02. The van der Waals surface area contributed by atoms with E-state index in [-0.39, 0.29) is 5.78 Å². The average Bonchev–Trinajstić information content (AvgIpc) is 2.54. The first-order valence-corrected chi connectivity index (χ1v) is 5.85. The van der Waals surface area contributed by atoms with Crippen molar-refractivity contribution in [1.29, 1.82) is 0 Å². The van der Waals surface area contributed by atoms with Crippen LogP contribution >= 0.6 is 15.9 Å². The molecule has 0 bridgehead atoms. The second kappa shape index (κ2) is 4.01. The van der Waals surface area contributed by atoms with E-state index in [0.29, 0.717) is 12.0 Å². The van der Waals surface area contributed by atoms with Gasteiger partial charge in [0.1, 0.15) is 0 Å². The molecule has 2 unspecified atom stereocenters. The molecule has 0 aliphatic heterocycles. The van der Waals surface area contributed by atoms with Gasteiger partial charge in [-0.3, -0.25) is 9.59 Å². The van der Waals surface area contributed by atoms with Gasteiger partial charge in [-0.05, 0) is 24.1 Å². The number of carbonyl (C=O) groups excluding carboxylic acids is 1. The van der Waals surface area contributed by atoms with Crippen LogP contribution in [0.5, 0.6) is 0 Å². The minimum atomic E-state index is -0.912. The van der Waals surface area contributed by atoms with Crippen LogP contribution in [0.15, 0.2) is 22.7 Å². The van der Waals surface area contributed by atoms with Gasteiger partial charge in [0.2, 0.25) is 0 Å². The van der Waals surface area contributed by atoms with Crippen LogP contribution in [0.3, 0.4) is 0 Å². The maximum absolute atomic E-state index is 12.0. The molecule has 0 spiro atoms. The summed E-state index contributed by atoms with van der Waals surface area (Å²) >= 11 is 3.34. The molecule has 0 amide bonds. The van der Waals surface area contributed by atoms with Crippen LogP contribution in [0.2, 0.25) is 0 Å². The molecule has 3 nitrogen and oxygen atoms in total. The monoisotopic (exact) mass is 282 g/mol. The van der Waals surface area contributed by atoms with Gasteiger partial charge in [0.25, 0.3) is 0 Å². The van der Waals surface area contributed by atoms with Gasteiger partial charge in [0.15, 0.2) is 5.78 Å². The molecule has 0 radical (unpaired) electrons. The van der Waals surface area contributed by atoms with Gasteiger partial charge in [-0.1, -0.05) is 28.9 Å². The number of aliphatic carboxylic acids is 1. The van der Waals surface area contributed by atoms with E-state index in [1.807, 2.05) is 12.1 Å². The van der Waals surface area contributed by atoms with Gasteiger partial charge in [0, 0.05) is 16.0 Å². The van der Waals surface area contributed by atoms with Gasteiger partial charge < -0.3 is 5.11 Å². The van der Waals surface area contributed by atoms with Crippen LogP contribution in [0, 0.1) is 11.8 Å². The lowest BCUT2D eigenvalue weighted by Crippen LogP contribution is -2.25. The van der Waals surface area contributed by atoms with E-state index in [2.05, 4.69) is 15.9 Å². The van der Waals surface area contributed by atoms with Gasteiger partial charge >= 0.3 is 5.97 Å². The fourth-order valence-electron chi connectivity index (χ4n) is 2.08. The standard InChI is InChI=1S/C12H11BrO3/c1-6(12(15)16)10-5-7-4-8(13)2-3-9(7)11(10)14/h2-4,6,10H,5H2,1H3,(H,15,16). The first kappa shape index (κ1) is 11.3. The molecule has 0 fully saturated rings. The number of carboxylic acids is 1. The van der Waals surface area contributed by atoms with Crippen LogP contribution in [0.1, 0.15) is 22.8 Å². The lowest BCUT2D eigenvalue weighted by molar-refractivity contribution is -0.142. The highest BCUT2D eigenvalue weighted by molar-refractivity contribution is 9.10. The summed E-state index contributed by atoms with van der Waals surface area (Å²) in [5.74, 6) is -2.00. The van der Waals surface area contributed by atoms with Crippen LogP contribution in [0.4, 0.5) is 0 Å². The van der Waals surface area contributed by atoms with Crippen molar-refractivity contribution in [2.75, 3.05) is 0 Å². The molecule has 0 heterocycles. The third kappa shape index (κ3) is 1.78. The van der Waals surface area contributed by atoms with Crippen molar-refractivity contribution in [3.63, 3.8) is 0 Å². The summed E-state index contributed by atoms with van der Waals surface area (Å²) in [4.78, 5) is 22.9. The zero-order valence-electron chi connectivity index (χ0n) is 8.74. The summed E-state index contributed by atoms with van der Waals surface area (Å²) in [6, 6.07) is 5.46. The summed E-state index contributed by atoms with van der Waals surface area (Å²) in [5, 5.41) is 8.93. The van der Waals surface area contributed by atoms with E-state index in [1.165, 1.54) is 0 Å². The van der Waals surface area contributed by atoms with E-state index in [0.717, 1.165) is 10.0 Å². The predicted molar refractivity (Wildman–Crippen MR) is 62.5 cm³/mol. The van der Waals surface area contributed by atoms with Gasteiger partial charge in [-0.15, -0.1) is 0 Å². The molecular weight excluding hydrogens is 272 g/mol. The van der Waals surface area contributed by atoms with Crippen molar-refractivity contribution in [1.82, 2.24) is 0 Å². The largest absolute Gasteiger partial charge is 0.481 e. The Kier molecular flexibility index (Phi) is 2.84. The molecule has 1 aliphatic rings. The van der Waals surface area contributed by atoms with Crippen molar-refractivity contribution in [3.05, 3.63) is 33.8 Å². The number of hydrogen-bond donors (Lipinski definition) is 1. The first-order valence-electron chi connectivity index (χ1n) is 5.06. The van der Waals surface area contributed by atoms with Crippen molar-refractivity contribution in [3.8, 4) is 0 Å². The number of rotatable bonds is 2. The number of ketones is 1. The number of hydrogen-bond acceptors (Lipinski definition) is 2. The van der Waals surface area contributed by atoms with Crippen molar-refractivity contribution in [2.24, 2.45) is 11.8 Å². The molecule has 1 aromatic carbocycles. The quantitative estimate of drug-likeness (QED) is 0.907. The summed E-state index contributed by atoms with van der Waals surface area (Å²) in [7, 11) is 0. The third-order valence-corrected chi connectivity index (χ3v) is 3.60. The first-order chi connectivity index (χ1) is 7.50. The van der Waals surface area contributed by atoms with Crippen molar-refractivity contribution >= 4 is 27.7 Å². The molecule has 84 valence electrons. The molecule has 1 aromatic rings. The summed E-state index contributed by atoms with van der Waals surface area (Å²) in [5.41, 5.74) is 1.61. The van der Waals surface area contributed by atoms with E-state index >= 15 is 0 Å². The Morgan fingerprint density at radius 1 is 1.56 bits per heavy atom. The normalized spacial score (nSPS) is 20.6. The van der Waals surface area contributed by atoms with Crippen molar-refractivity contribution in [2.45, 2.75) is 13.3 Å². The lowest BCUT2D eigenvalue weighted by atomic mass is 9.91. The van der Waals surface area contributed by atoms with E-state index in [4.69, 9.17) is 5.11 Å². The summed E-state index contributed by atoms with van der Waals surface area (Å²) in [6.07, 6.45) is 0.529. The average molecular weight is 283 g/mol. The Balaban J connectivity index is 2.34. The predicted octanol–water partition coefficient (Wildman–Crippen LogP) is 2.52. The number of fused-ring (bicyclic) bond motifs is 1. The Hall–Kier alpha value is -1.16. The van der Waals surface area contributed by atoms with E-state index in [1.54, 1.807) is 13.0 Å². The highest BCUT2D eigenvalue weighted by Gasteiger charge is 2.37. The molecule has 1 N–H and O–H groups in total. The van der Waals surface area contributed by atoms with E-state index in [9.17, 15) is 9.59 Å². The Morgan fingerprint density at radius 3 is 2.88 bits per heavy atom. The molecular formula is C12H11BrO3. The molecule has 1 aliphatic carbocycles. The highest BCUT2D eigenvalue weighted by atomic mass is 79.9. The third-order valence-electron chi connectivity index (χ3n) is 3.10. The topological polar surface area (TPSA) is 54.4 Å². The molecule has 2 rings (SSSR count). The van der Waals surface area contributed by atoms with Crippen LogP contribution in [0.25, 0.3) is 0 Å². The number of halogens is 1. The van der Waals surface area contributed by atoms with Gasteiger partial charge in [-0.2, -0.15) is 0 Å². The molecule has 0 aromatic heterocycles. The van der Waals surface area contributed by atoms with E-state index < -0.39 is 17.8 Å². The Labute approximate surface area is 102 Å². The number of benzene rings is 1. The number of carboxylic acid groups (broad SMARTS) is 1. The summed E-state index contributed by atoms with van der Waals surface area (Å²) < 4.78 is 0.919. The fraction of sp³-hybridized carbons (Fsp3) is 0.333. The van der Waals surface area contributed by atoms with Crippen molar-refractivity contribution < 1.29 is 14.7 Å². The summed E-state index contributed by atoms with van der Waals surface area (Å²) in [6.45, 7) is 1.59. The van der Waals surface area contributed by atoms with Crippen LogP contribution in [-0.2, 0) is 11.2 Å². The SMILES string of the molecule is CC(C(=O)O)C1Cc2cc(Br)ccc2C1=O. The Bertz CT molecular complexity index is 467. The van der Waals surface area contributed by atoms with Gasteiger partial charge in [0.05, 0.1) is 5.92 Å². The lowest BCUT2D eigenvalue weighted by Gasteiger charge is -2.12. The highest BCUT2D eigenvalue weighted by Crippen LogP contribution is 2.33. The molecule has 16 heavy (non-hydrogen) atoms. The Morgan fingerprint density at radius 2 is 2.25 bits per heavy atom. The maximum Gasteiger partial charge on any atom is 0.306 e. The molecule has 0 saturated carbocycles. The van der Waals surface area contributed by atoms with Crippen LogP contribution in [-0.4, -0.2) is 16.9 Å². The van der Waals surface area contributed by atoms with Crippen LogP contribution < -0.4 is 0 Å². The van der Waals surface area contributed by atoms with Gasteiger partial charge in [-0.25, -0.2) is 0 Å². The smallest absolute Gasteiger partial charge is 0.306 e. The molecule has 4 heteroatoms. The zero-order valence-corrected chi connectivity index (χ0v) is 10.3. The molecule has 0 saturated heterocycles. The fourth-order valence-corrected chi connectivity index (χ4v) is 2.49. The second-order valence-electron chi connectivity index (χ2n) is 4.10. The maximum atomic E-state index is 12.0. The minimum absolute atomic E-state index is 0.0441.